The van der Waals surface area contributed by atoms with Gasteiger partial charge in [0.25, 0.3) is 5.91 Å². The van der Waals surface area contributed by atoms with E-state index in [2.05, 4.69) is 0 Å². The molecule has 2 rings (SSSR count). The van der Waals surface area contributed by atoms with Gasteiger partial charge in [0.1, 0.15) is 0 Å². The summed E-state index contributed by atoms with van der Waals surface area (Å²) in [7, 11) is 1.39. The van der Waals surface area contributed by atoms with Crippen molar-refractivity contribution in [2.75, 3.05) is 13.7 Å². The molecule has 1 aliphatic rings. The lowest BCUT2D eigenvalue weighted by atomic mass is 10.1. The standard InChI is InChI=1S/C15H21NO3S/c1-11(15(18)19-2)10-16(12-6-3-4-7-12)14(17)13-8-5-9-20-13/h5,8-9,11-12H,3-4,6-7,10H2,1-2H3. The molecule has 1 fully saturated rings. The van der Waals surface area contributed by atoms with Crippen LogP contribution in [0.2, 0.25) is 0 Å². The maximum Gasteiger partial charge on any atom is 0.310 e. The molecule has 1 unspecified atom stereocenters. The molecule has 0 spiro atoms. The van der Waals surface area contributed by atoms with Crippen LogP contribution in [0.5, 0.6) is 0 Å². The number of carbonyl (C=O) groups excluding carboxylic acids is 2. The molecule has 0 radical (unpaired) electrons. The molecule has 4 nitrogen and oxygen atoms in total. The molecule has 0 bridgehead atoms. The number of ether oxygens (including phenoxy) is 1. The molecule has 0 aliphatic heterocycles. The second-order valence-electron chi connectivity index (χ2n) is 5.30. The molecule has 1 saturated carbocycles. The zero-order chi connectivity index (χ0) is 14.5. The molecule has 0 aromatic carbocycles. The summed E-state index contributed by atoms with van der Waals surface area (Å²) in [6, 6.07) is 3.99. The molecule has 0 N–H and O–H groups in total. The predicted molar refractivity (Wildman–Crippen MR) is 78.8 cm³/mol. The van der Waals surface area contributed by atoms with Gasteiger partial charge in [-0.3, -0.25) is 9.59 Å². The molecular weight excluding hydrogens is 274 g/mol. The third kappa shape index (κ3) is 3.39. The van der Waals surface area contributed by atoms with E-state index < -0.39 is 0 Å². The van der Waals surface area contributed by atoms with Crippen molar-refractivity contribution in [1.82, 2.24) is 4.90 Å². The Morgan fingerprint density at radius 1 is 1.45 bits per heavy atom. The van der Waals surface area contributed by atoms with E-state index in [1.807, 2.05) is 29.3 Å². The number of thiophene rings is 1. The van der Waals surface area contributed by atoms with Crippen LogP contribution < -0.4 is 0 Å². The Morgan fingerprint density at radius 2 is 2.15 bits per heavy atom. The number of methoxy groups -OCH3 is 1. The largest absolute Gasteiger partial charge is 0.469 e. The summed E-state index contributed by atoms with van der Waals surface area (Å²) in [6.45, 7) is 2.25. The average Bonchev–Trinajstić information content (AvgIpc) is 3.14. The molecule has 1 aromatic heterocycles. The van der Waals surface area contributed by atoms with Gasteiger partial charge in [0.2, 0.25) is 0 Å². The quantitative estimate of drug-likeness (QED) is 0.785. The van der Waals surface area contributed by atoms with Crippen LogP contribution in [-0.2, 0) is 9.53 Å². The zero-order valence-corrected chi connectivity index (χ0v) is 12.8. The number of nitrogens with zero attached hydrogens (tertiary/aromatic N) is 1. The van der Waals surface area contributed by atoms with Gasteiger partial charge in [-0.25, -0.2) is 0 Å². The second-order valence-corrected chi connectivity index (χ2v) is 6.24. The number of amides is 1. The Morgan fingerprint density at radius 3 is 2.70 bits per heavy atom. The topological polar surface area (TPSA) is 46.6 Å². The van der Waals surface area contributed by atoms with Gasteiger partial charge in [-0.05, 0) is 24.3 Å². The summed E-state index contributed by atoms with van der Waals surface area (Å²) in [6.07, 6.45) is 4.38. The van der Waals surface area contributed by atoms with E-state index in [4.69, 9.17) is 4.74 Å². The predicted octanol–water partition coefficient (Wildman–Crippen LogP) is 2.94. The van der Waals surface area contributed by atoms with Crippen LogP contribution in [0, 0.1) is 5.92 Å². The van der Waals surface area contributed by atoms with Gasteiger partial charge in [-0.1, -0.05) is 25.8 Å². The lowest BCUT2D eigenvalue weighted by Crippen LogP contribution is -2.42. The number of esters is 1. The summed E-state index contributed by atoms with van der Waals surface area (Å²) in [5.41, 5.74) is 0. The van der Waals surface area contributed by atoms with E-state index in [0.29, 0.717) is 6.54 Å². The molecule has 1 atom stereocenters. The lowest BCUT2D eigenvalue weighted by molar-refractivity contribution is -0.145. The molecule has 0 saturated heterocycles. The Kier molecular flexibility index (Phi) is 5.17. The summed E-state index contributed by atoms with van der Waals surface area (Å²) in [4.78, 5) is 26.9. The van der Waals surface area contributed by atoms with Gasteiger partial charge in [0, 0.05) is 12.6 Å². The van der Waals surface area contributed by atoms with Crippen molar-refractivity contribution in [3.63, 3.8) is 0 Å². The fraction of sp³-hybridized carbons (Fsp3) is 0.600. The van der Waals surface area contributed by atoms with Crippen molar-refractivity contribution >= 4 is 23.2 Å². The fourth-order valence-corrected chi connectivity index (χ4v) is 3.41. The van der Waals surface area contributed by atoms with Crippen LogP contribution in [0.25, 0.3) is 0 Å². The maximum atomic E-state index is 12.6. The van der Waals surface area contributed by atoms with Crippen molar-refractivity contribution in [2.45, 2.75) is 38.6 Å². The van der Waals surface area contributed by atoms with Crippen LogP contribution in [-0.4, -0.2) is 36.5 Å². The van der Waals surface area contributed by atoms with E-state index in [0.717, 1.165) is 30.6 Å². The van der Waals surface area contributed by atoms with Crippen LogP contribution in [0.15, 0.2) is 17.5 Å². The van der Waals surface area contributed by atoms with Crippen LogP contribution in [0.3, 0.4) is 0 Å². The zero-order valence-electron chi connectivity index (χ0n) is 12.0. The summed E-state index contributed by atoms with van der Waals surface area (Å²) in [5, 5.41) is 1.91. The highest BCUT2D eigenvalue weighted by Crippen LogP contribution is 2.26. The van der Waals surface area contributed by atoms with Crippen molar-refractivity contribution < 1.29 is 14.3 Å². The Bertz CT molecular complexity index is 452. The molecule has 20 heavy (non-hydrogen) atoms. The fourth-order valence-electron chi connectivity index (χ4n) is 2.73. The maximum absolute atomic E-state index is 12.6. The third-order valence-corrected chi connectivity index (χ3v) is 4.69. The Hall–Kier alpha value is -1.36. The van der Waals surface area contributed by atoms with Crippen molar-refractivity contribution in [3.05, 3.63) is 22.4 Å². The van der Waals surface area contributed by atoms with Crippen LogP contribution in [0.4, 0.5) is 0 Å². The molecule has 110 valence electrons. The van der Waals surface area contributed by atoms with E-state index in [9.17, 15) is 9.59 Å². The summed E-state index contributed by atoms with van der Waals surface area (Å²) >= 11 is 1.45. The Balaban J connectivity index is 2.12. The van der Waals surface area contributed by atoms with Crippen molar-refractivity contribution in [2.24, 2.45) is 5.92 Å². The second kappa shape index (κ2) is 6.88. The van der Waals surface area contributed by atoms with Crippen molar-refractivity contribution in [1.29, 1.82) is 0 Å². The summed E-state index contributed by atoms with van der Waals surface area (Å²) in [5.74, 6) is -0.501. The van der Waals surface area contributed by atoms with Gasteiger partial charge < -0.3 is 9.64 Å². The molecule has 1 aromatic rings. The average molecular weight is 295 g/mol. The van der Waals surface area contributed by atoms with Gasteiger partial charge >= 0.3 is 5.97 Å². The van der Waals surface area contributed by atoms with E-state index in [-0.39, 0.29) is 23.8 Å². The first-order chi connectivity index (χ1) is 9.63. The number of rotatable bonds is 5. The molecule has 1 amide bonds. The molecule has 5 heteroatoms. The highest BCUT2D eigenvalue weighted by Gasteiger charge is 2.30. The van der Waals surface area contributed by atoms with E-state index in [1.54, 1.807) is 0 Å². The normalized spacial score (nSPS) is 16.9. The molecular formula is C15H21NO3S. The van der Waals surface area contributed by atoms with Gasteiger partial charge in [-0.2, -0.15) is 0 Å². The number of hydrogen-bond donors (Lipinski definition) is 0. The van der Waals surface area contributed by atoms with Gasteiger partial charge in [0.15, 0.2) is 0 Å². The smallest absolute Gasteiger partial charge is 0.310 e. The lowest BCUT2D eigenvalue weighted by Gasteiger charge is -2.30. The minimum atomic E-state index is -0.287. The molecule has 1 heterocycles. The summed E-state index contributed by atoms with van der Waals surface area (Å²) < 4.78 is 4.77. The van der Waals surface area contributed by atoms with Gasteiger partial charge in [-0.15, -0.1) is 11.3 Å². The van der Waals surface area contributed by atoms with Crippen molar-refractivity contribution in [3.8, 4) is 0 Å². The first-order valence-electron chi connectivity index (χ1n) is 7.05. The highest BCUT2D eigenvalue weighted by molar-refractivity contribution is 7.12. The van der Waals surface area contributed by atoms with E-state index >= 15 is 0 Å². The SMILES string of the molecule is COC(=O)C(C)CN(C(=O)c1cccs1)C1CCCC1. The number of carbonyl (C=O) groups is 2. The monoisotopic (exact) mass is 295 g/mol. The minimum absolute atomic E-state index is 0.0441. The third-order valence-electron chi connectivity index (χ3n) is 3.83. The number of hydrogen-bond acceptors (Lipinski definition) is 4. The van der Waals surface area contributed by atoms with Crippen LogP contribution in [0.1, 0.15) is 42.3 Å². The Labute approximate surface area is 123 Å². The van der Waals surface area contributed by atoms with Crippen LogP contribution >= 0.6 is 11.3 Å². The first-order valence-corrected chi connectivity index (χ1v) is 7.93. The first kappa shape index (κ1) is 15.0. The van der Waals surface area contributed by atoms with E-state index in [1.165, 1.54) is 18.4 Å². The highest BCUT2D eigenvalue weighted by atomic mass is 32.1. The minimum Gasteiger partial charge on any atom is -0.469 e. The molecule has 1 aliphatic carbocycles. The van der Waals surface area contributed by atoms with Gasteiger partial charge in [0.05, 0.1) is 17.9 Å².